The molecule has 77 heavy (non-hydrogen) atoms. The van der Waals surface area contributed by atoms with Crippen molar-refractivity contribution < 1.29 is 49.3 Å². The van der Waals surface area contributed by atoms with Gasteiger partial charge in [0.1, 0.15) is 24.4 Å². The predicted octanol–water partition coefficient (Wildman–Crippen LogP) is 15.4. The third-order valence-electron chi connectivity index (χ3n) is 14.9. The van der Waals surface area contributed by atoms with Crippen LogP contribution in [0.1, 0.15) is 284 Å². The molecule has 0 aromatic heterocycles. The molecular weight excluding hydrogens is 967 g/mol. The number of nitrogens with one attached hydrogen (secondary N) is 1. The van der Waals surface area contributed by atoms with Crippen molar-refractivity contribution in [2.45, 2.75) is 333 Å². The van der Waals surface area contributed by atoms with Gasteiger partial charge in [0.2, 0.25) is 5.91 Å². The Morgan fingerprint density at radius 1 is 0.506 bits per heavy atom. The van der Waals surface area contributed by atoms with Crippen molar-refractivity contribution in [1.82, 2.24) is 5.32 Å². The molecule has 0 aliphatic carbocycles. The Bertz CT molecular complexity index is 1480. The molecular formula is C66H119NO10. The van der Waals surface area contributed by atoms with Crippen LogP contribution in [-0.4, -0.2) is 99.6 Å². The summed E-state index contributed by atoms with van der Waals surface area (Å²) in [5.74, 6) is -1.20. The van der Waals surface area contributed by atoms with E-state index in [0.717, 1.165) is 89.9 Å². The highest BCUT2D eigenvalue weighted by atomic mass is 16.7. The van der Waals surface area contributed by atoms with E-state index in [0.29, 0.717) is 12.8 Å². The molecule has 0 aromatic carbocycles. The van der Waals surface area contributed by atoms with E-state index in [2.05, 4.69) is 74.7 Å². The second-order valence-electron chi connectivity index (χ2n) is 22.1. The molecule has 1 rings (SSSR count). The minimum Gasteiger partial charge on any atom is -0.454 e. The Morgan fingerprint density at radius 2 is 0.896 bits per heavy atom. The van der Waals surface area contributed by atoms with Crippen molar-refractivity contribution in [1.29, 1.82) is 0 Å². The van der Waals surface area contributed by atoms with E-state index in [1.165, 1.54) is 148 Å². The highest BCUT2D eigenvalue weighted by Gasteiger charge is 2.47. The first-order chi connectivity index (χ1) is 37.7. The number of esters is 1. The summed E-state index contributed by atoms with van der Waals surface area (Å²) in [7, 11) is 0. The number of amides is 1. The smallest absolute Gasteiger partial charge is 0.306 e. The number of carbonyl (C=O) groups excluding carboxylic acids is 2. The molecule has 11 nitrogen and oxygen atoms in total. The quantitative estimate of drug-likeness (QED) is 0.0195. The van der Waals surface area contributed by atoms with Crippen LogP contribution in [0.15, 0.2) is 60.8 Å². The molecule has 8 atom stereocenters. The number of unbranched alkanes of at least 4 members (excludes halogenated alkanes) is 32. The summed E-state index contributed by atoms with van der Waals surface area (Å²) in [6.45, 7) is 5.75. The molecule has 0 bridgehead atoms. The Kier molecular flexibility index (Phi) is 50.7. The Morgan fingerprint density at radius 3 is 1.35 bits per heavy atom. The maximum absolute atomic E-state index is 13.4. The van der Waals surface area contributed by atoms with Crippen molar-refractivity contribution in [3.63, 3.8) is 0 Å². The van der Waals surface area contributed by atoms with E-state index in [1.54, 1.807) is 6.08 Å². The van der Waals surface area contributed by atoms with Gasteiger partial charge in [-0.3, -0.25) is 9.59 Å². The lowest BCUT2D eigenvalue weighted by Crippen LogP contribution is -2.61. The first-order valence-corrected chi connectivity index (χ1v) is 32.1. The average molecular weight is 1090 g/mol. The van der Waals surface area contributed by atoms with Gasteiger partial charge < -0.3 is 45.1 Å². The molecule has 11 heteroatoms. The van der Waals surface area contributed by atoms with Crippen LogP contribution in [-0.2, 0) is 23.8 Å². The molecule has 1 fully saturated rings. The fourth-order valence-electron chi connectivity index (χ4n) is 9.77. The summed E-state index contributed by atoms with van der Waals surface area (Å²) >= 11 is 0. The number of rotatable bonds is 54. The third-order valence-corrected chi connectivity index (χ3v) is 14.9. The molecule has 0 saturated carbocycles. The van der Waals surface area contributed by atoms with Crippen LogP contribution in [0.2, 0.25) is 0 Å². The van der Waals surface area contributed by atoms with Gasteiger partial charge in [-0.15, -0.1) is 0 Å². The molecule has 1 aliphatic rings. The lowest BCUT2D eigenvalue weighted by atomic mass is 9.99. The van der Waals surface area contributed by atoms with Gasteiger partial charge in [-0.25, -0.2) is 0 Å². The number of ether oxygens (including phenoxy) is 3. The molecule has 1 amide bonds. The maximum atomic E-state index is 13.4. The number of carbonyl (C=O) groups is 2. The normalized spacial score (nSPS) is 19.4. The first kappa shape index (κ1) is 72.4. The van der Waals surface area contributed by atoms with Gasteiger partial charge in [0, 0.05) is 6.42 Å². The molecule has 0 spiro atoms. The molecule has 0 aromatic rings. The zero-order chi connectivity index (χ0) is 56.1. The zero-order valence-corrected chi connectivity index (χ0v) is 49.6. The maximum Gasteiger partial charge on any atom is 0.306 e. The van der Waals surface area contributed by atoms with Crippen molar-refractivity contribution >= 4 is 11.9 Å². The summed E-state index contributed by atoms with van der Waals surface area (Å²) < 4.78 is 17.6. The Balaban J connectivity index is 2.69. The van der Waals surface area contributed by atoms with E-state index in [1.807, 2.05) is 6.08 Å². The average Bonchev–Trinajstić information content (AvgIpc) is 3.43. The lowest BCUT2D eigenvalue weighted by Gasteiger charge is -2.41. The van der Waals surface area contributed by atoms with Gasteiger partial charge in [0.15, 0.2) is 12.4 Å². The summed E-state index contributed by atoms with van der Waals surface area (Å²) in [6, 6.07) is -1.03. The number of allylic oxidation sites excluding steroid dienone is 9. The largest absolute Gasteiger partial charge is 0.454 e. The van der Waals surface area contributed by atoms with Crippen molar-refractivity contribution in [2.75, 3.05) is 13.2 Å². The van der Waals surface area contributed by atoms with E-state index >= 15 is 0 Å². The predicted molar refractivity (Wildman–Crippen MR) is 320 cm³/mol. The van der Waals surface area contributed by atoms with Gasteiger partial charge in [0.25, 0.3) is 0 Å². The fourth-order valence-corrected chi connectivity index (χ4v) is 9.77. The summed E-state index contributed by atoms with van der Waals surface area (Å²) in [6.07, 6.45) is 56.7. The topological polar surface area (TPSA) is 175 Å². The summed E-state index contributed by atoms with van der Waals surface area (Å²) in [5.41, 5.74) is 0. The number of aliphatic hydroxyl groups is 5. The third kappa shape index (κ3) is 42.0. The molecule has 1 aliphatic heterocycles. The standard InChI is InChI=1S/C66H119NO10/c1-4-7-10-13-16-19-22-25-27-29-31-32-35-38-41-44-47-50-53-59(70)65(74)67-57(58(69)52-49-46-43-40-37-34-24-21-18-15-12-9-6-3)56-75-66-64(63(73)62(72)60(55-68)76-66)77-61(71)54-51-48-45-42-39-36-33-30-28-26-23-20-17-14-11-8-5-2/h16-17,19-20,25-28,49,52,57-60,62-64,66,68-70,72-73H,4-15,18,21-24,29-48,50-51,53-56H2,1-3H3,(H,67,74)/b19-16-,20-17-,27-25-,28-26-,52-49+. The summed E-state index contributed by atoms with van der Waals surface area (Å²) in [4.78, 5) is 26.6. The number of hydrogen-bond acceptors (Lipinski definition) is 10. The highest BCUT2D eigenvalue weighted by Crippen LogP contribution is 2.26. The van der Waals surface area contributed by atoms with E-state index in [9.17, 15) is 35.1 Å². The first-order valence-electron chi connectivity index (χ1n) is 32.1. The van der Waals surface area contributed by atoms with Crippen LogP contribution in [0.5, 0.6) is 0 Å². The van der Waals surface area contributed by atoms with Crippen LogP contribution in [0, 0.1) is 0 Å². The fraction of sp³-hybridized carbons (Fsp3) is 0.818. The number of hydrogen-bond donors (Lipinski definition) is 6. The Labute approximate surface area is 471 Å². The second-order valence-corrected chi connectivity index (χ2v) is 22.1. The van der Waals surface area contributed by atoms with Crippen LogP contribution < -0.4 is 5.32 Å². The van der Waals surface area contributed by atoms with Gasteiger partial charge in [-0.2, -0.15) is 0 Å². The molecule has 0 radical (unpaired) electrons. The zero-order valence-electron chi connectivity index (χ0n) is 49.6. The molecule has 1 saturated heterocycles. The monoisotopic (exact) mass is 1090 g/mol. The van der Waals surface area contributed by atoms with E-state index in [-0.39, 0.29) is 19.4 Å². The van der Waals surface area contributed by atoms with Crippen LogP contribution in [0.25, 0.3) is 0 Å². The highest BCUT2D eigenvalue weighted by molar-refractivity contribution is 5.80. The molecule has 8 unspecified atom stereocenters. The van der Waals surface area contributed by atoms with Crippen LogP contribution in [0.4, 0.5) is 0 Å². The molecule has 6 N–H and O–H groups in total. The lowest BCUT2D eigenvalue weighted by molar-refractivity contribution is -0.305. The summed E-state index contributed by atoms with van der Waals surface area (Å²) in [5, 5.41) is 57.1. The van der Waals surface area contributed by atoms with Gasteiger partial charge >= 0.3 is 5.97 Å². The number of aliphatic hydroxyl groups excluding tert-OH is 5. The van der Waals surface area contributed by atoms with Crippen molar-refractivity contribution in [2.24, 2.45) is 0 Å². The van der Waals surface area contributed by atoms with E-state index < -0.39 is 67.4 Å². The Hall–Kier alpha value is -2.64. The van der Waals surface area contributed by atoms with Crippen molar-refractivity contribution in [3.05, 3.63) is 60.8 Å². The van der Waals surface area contributed by atoms with Crippen LogP contribution in [0.3, 0.4) is 0 Å². The van der Waals surface area contributed by atoms with Gasteiger partial charge in [-0.1, -0.05) is 248 Å². The van der Waals surface area contributed by atoms with Crippen LogP contribution >= 0.6 is 0 Å². The van der Waals surface area contributed by atoms with Gasteiger partial charge in [0.05, 0.1) is 25.4 Å². The van der Waals surface area contributed by atoms with Crippen molar-refractivity contribution in [3.8, 4) is 0 Å². The molecule has 448 valence electrons. The SMILES string of the molecule is CCCCC/C=C\C/C=C\CCCCCCCCCCC(O)C(=O)NC(COC1OC(CO)C(O)C(O)C1OC(=O)CCCCCCCCC/C=C\C/C=C\CCCCC)C(O)/C=C/CCCCCCCCCCCCC. The minimum atomic E-state index is -1.62. The second kappa shape index (κ2) is 54.0. The van der Waals surface area contributed by atoms with E-state index in [4.69, 9.17) is 14.2 Å². The molecule has 1 heterocycles. The van der Waals surface area contributed by atoms with Gasteiger partial charge in [-0.05, 0) is 89.9 Å². The minimum absolute atomic E-state index is 0.114.